The van der Waals surface area contributed by atoms with Crippen LogP contribution in [0, 0.1) is 0 Å². The van der Waals surface area contributed by atoms with Crippen LogP contribution in [0.3, 0.4) is 0 Å². The average Bonchev–Trinajstić information content (AvgIpc) is 1.05. The molecular formula is C106H148N28. The maximum Gasteiger partial charge on any atom is 0.233 e. The Bertz CT molecular complexity index is 4650. The number of pyridine rings is 6. The Balaban J connectivity index is -0.000000442. The van der Waals surface area contributed by atoms with Gasteiger partial charge in [-0.3, -0.25) is 44.3 Å². The highest BCUT2D eigenvalue weighted by molar-refractivity contribution is 5.92. The molecule has 17 heterocycles. The van der Waals surface area contributed by atoms with Crippen LogP contribution in [-0.4, -0.2) is 144 Å². The Morgan fingerprint density at radius 1 is 0.231 bits per heavy atom. The Morgan fingerprint density at radius 3 is 1.10 bits per heavy atom. The molecule has 4 aromatic carbocycles. The first kappa shape index (κ1) is 127. The number of aromatic nitrogens is 24. The van der Waals surface area contributed by atoms with Gasteiger partial charge in [-0.05, 0) is 109 Å². The minimum Gasteiger partial charge on any atom is -0.378 e. The molecule has 19 aromatic rings. The van der Waals surface area contributed by atoms with Gasteiger partial charge < -0.3 is 15.0 Å². The van der Waals surface area contributed by atoms with E-state index in [4.69, 9.17) is 0 Å². The molecule has 28 nitrogen and oxygen atoms in total. The normalized spacial score (nSPS) is 8.82. The van der Waals surface area contributed by atoms with Crippen LogP contribution in [0.2, 0.25) is 0 Å². The van der Waals surface area contributed by atoms with Gasteiger partial charge in [0.2, 0.25) is 5.78 Å². The van der Waals surface area contributed by atoms with E-state index in [9.17, 15) is 0 Å². The fourth-order valence-electron chi connectivity index (χ4n) is 8.62. The Labute approximate surface area is 799 Å². The molecule has 21 rings (SSSR count). The largest absolute Gasteiger partial charge is 0.378 e. The minimum atomic E-state index is 0.699. The summed E-state index contributed by atoms with van der Waals surface area (Å²) in [6.45, 7) is 53.6. The number of imidazole rings is 2. The molecule has 0 saturated heterocycles. The maximum atomic E-state index is 4.58. The van der Waals surface area contributed by atoms with E-state index in [-0.39, 0.29) is 0 Å². The van der Waals surface area contributed by atoms with Crippen molar-refractivity contribution in [1.82, 2.24) is 119 Å². The zero-order chi connectivity index (χ0) is 100. The van der Waals surface area contributed by atoms with Gasteiger partial charge in [0.15, 0.2) is 5.65 Å². The van der Waals surface area contributed by atoms with Crippen molar-refractivity contribution in [3.05, 3.63) is 381 Å². The molecule has 0 amide bonds. The standard InChI is InChI=1S/C13H9N.C9H7N.C8H8N2.C7H7N3.C7H5N3.C7H6N2.C6H5N3.C5H5N.3C4H4N2.2C3H3N3.13C2H6/c1-3-7-12-10(5-1)9-11-6-2-4-8-13(11)14-12;1-2-6-9-8(4-1)5-3-7-10-9;1-2-4-8-7(3-1)9-5-6-10-8;1-2-8-5-7-6(1)9-3-4-10-7;1-2-6-7(9-3-1)10-5-4-8-6;1-2-5-9-6-4-8-7(9)3-1;1-2-7-6-8-3-5-9(6)4-1;1-2-4-6-5-3-1;1-2-6-4-3-5-1;1-2-5-4-6-3-1;1-2-4-6-5-3-1;1-4-2-6-3-5-1;1-2-5-6-3-4-1;13*1-2/h1-9H;1-7H;1-5,10H,6H2;1-3,5,10H,4H2;1-5H;1-6H;1-5H;1-5H;3*1-4H;2*1-3H;13*1-2H3. The van der Waals surface area contributed by atoms with Crippen LogP contribution in [-0.2, 0) is 0 Å². The predicted octanol–water partition coefficient (Wildman–Crippen LogP) is 27.3. The zero-order valence-corrected chi connectivity index (χ0v) is 84.0. The molecule has 28 heteroatoms. The summed E-state index contributed by atoms with van der Waals surface area (Å²) in [6, 6.07) is 63.2. The second-order valence-electron chi connectivity index (χ2n) is 20.7. The van der Waals surface area contributed by atoms with Crippen molar-refractivity contribution in [2.75, 3.05) is 23.7 Å². The summed E-state index contributed by atoms with van der Waals surface area (Å²) < 4.78 is 3.83. The summed E-state index contributed by atoms with van der Waals surface area (Å²) >= 11 is 0. The highest BCUT2D eigenvalue weighted by atomic mass is 15.1. The molecule has 2 aliphatic heterocycles. The lowest BCUT2D eigenvalue weighted by Gasteiger charge is -2.10. The summed E-state index contributed by atoms with van der Waals surface area (Å²) in [5.74, 6) is 0.748. The van der Waals surface area contributed by atoms with E-state index >= 15 is 0 Å². The van der Waals surface area contributed by atoms with Gasteiger partial charge in [-0.2, -0.15) is 15.3 Å². The van der Waals surface area contributed by atoms with Crippen LogP contribution in [0.15, 0.2) is 391 Å². The van der Waals surface area contributed by atoms with Gasteiger partial charge in [0.1, 0.15) is 42.8 Å². The smallest absolute Gasteiger partial charge is 0.233 e. The summed E-state index contributed by atoms with van der Waals surface area (Å²) in [6.07, 6.45) is 54.0. The molecule has 0 radical (unpaired) electrons. The number of para-hydroxylation sites is 5. The number of nitrogens with one attached hydrogen (secondary N) is 2. The third-order valence-electron chi connectivity index (χ3n) is 13.4. The second kappa shape index (κ2) is 103. The number of hydrogen-bond donors (Lipinski definition) is 2. The maximum absolute atomic E-state index is 4.58. The van der Waals surface area contributed by atoms with Gasteiger partial charge in [0.05, 0.1) is 64.8 Å². The first-order chi connectivity index (χ1) is 66.7. The van der Waals surface area contributed by atoms with Crippen molar-refractivity contribution >= 4 is 90.5 Å². The molecule has 2 N–H and O–H groups in total. The van der Waals surface area contributed by atoms with Gasteiger partial charge >= 0.3 is 0 Å². The lowest BCUT2D eigenvalue weighted by molar-refractivity contribution is 0.969. The van der Waals surface area contributed by atoms with E-state index in [2.05, 4.69) is 161 Å². The van der Waals surface area contributed by atoms with Gasteiger partial charge in [0, 0.05) is 171 Å². The summed E-state index contributed by atoms with van der Waals surface area (Å²) in [7, 11) is 0. The molecule has 134 heavy (non-hydrogen) atoms. The molecule has 0 bridgehead atoms. The monoisotopic (exact) mass is 1810 g/mol. The fraction of sp³-hybridized carbons (Fsp3) is 0.264. The summed E-state index contributed by atoms with van der Waals surface area (Å²) in [5.41, 5.74) is 9.87. The van der Waals surface area contributed by atoms with Crippen molar-refractivity contribution in [3.8, 4) is 0 Å². The molecule has 0 fully saturated rings. The number of benzene rings is 4. The van der Waals surface area contributed by atoms with Gasteiger partial charge in [-0.1, -0.05) is 265 Å². The van der Waals surface area contributed by atoms with Crippen molar-refractivity contribution in [3.63, 3.8) is 0 Å². The minimum absolute atomic E-state index is 0.699. The third-order valence-corrected chi connectivity index (χ3v) is 13.4. The molecule has 0 unspecified atom stereocenters. The Morgan fingerprint density at radius 2 is 0.642 bits per heavy atom. The van der Waals surface area contributed by atoms with Gasteiger partial charge in [-0.15, -0.1) is 5.10 Å². The number of hydrogen-bond acceptors (Lipinski definition) is 26. The van der Waals surface area contributed by atoms with Crippen LogP contribution in [0.4, 0.5) is 22.7 Å². The van der Waals surface area contributed by atoms with Crippen molar-refractivity contribution in [1.29, 1.82) is 0 Å². The topological polar surface area (TPSA) is 341 Å². The molecular weight excluding hydrogens is 1670 g/mol. The molecule has 2 aliphatic rings. The first-order valence-corrected chi connectivity index (χ1v) is 46.0. The molecule has 0 aliphatic carbocycles. The lowest BCUT2D eigenvalue weighted by atomic mass is 10.1. The number of aliphatic imine (C=N–C) groups is 2. The van der Waals surface area contributed by atoms with Crippen LogP contribution in [0.1, 0.15) is 180 Å². The summed E-state index contributed by atoms with van der Waals surface area (Å²) in [4.78, 5) is 78.1. The average molecular weight is 1810 g/mol. The van der Waals surface area contributed by atoms with E-state index in [1.54, 1.807) is 124 Å². The SMILES string of the molecule is C1=Nc2ccccc2NC1.C1=Nc2ccncc2NC1.CC.CC.CC.CC.CC.CC.CC.CC.CC.CC.CC.CC.CC.c1ccc2nc3ccccc3cc2c1.c1ccc2ncccc2c1.c1ccn2ccnc2c1.c1ccncc1.c1ccnnc1.c1cnc2nccn2c1.c1cnc2nccnc2c1.c1cnccn1.c1cncnc1.c1cnncn1.c1ncncn1. The quantitative estimate of drug-likeness (QED) is 0.133. The lowest BCUT2D eigenvalue weighted by Crippen LogP contribution is -2.06. The van der Waals surface area contributed by atoms with Crippen LogP contribution >= 0.6 is 0 Å². The van der Waals surface area contributed by atoms with Gasteiger partial charge in [-0.25, -0.2) is 59.8 Å². The Hall–Kier alpha value is -15.7. The van der Waals surface area contributed by atoms with E-state index in [0.717, 1.165) is 69.3 Å². The number of fused-ring (bicyclic) bond motifs is 8. The van der Waals surface area contributed by atoms with Crippen LogP contribution < -0.4 is 10.6 Å². The second-order valence-corrected chi connectivity index (χ2v) is 20.7. The number of rotatable bonds is 0. The molecule has 15 aromatic heterocycles. The fourth-order valence-corrected chi connectivity index (χ4v) is 8.62. The summed E-state index contributed by atoms with van der Waals surface area (Å²) in [5, 5.41) is 23.9. The van der Waals surface area contributed by atoms with Crippen molar-refractivity contribution < 1.29 is 0 Å². The van der Waals surface area contributed by atoms with Gasteiger partial charge in [0.25, 0.3) is 0 Å². The number of nitrogens with zero attached hydrogens (tertiary/aromatic N) is 26. The third kappa shape index (κ3) is 63.3. The van der Waals surface area contributed by atoms with Crippen molar-refractivity contribution in [2.45, 2.75) is 180 Å². The highest BCUT2D eigenvalue weighted by Crippen LogP contribution is 2.26. The van der Waals surface area contributed by atoms with E-state index in [1.807, 2.05) is 390 Å². The molecule has 0 atom stereocenters. The molecule has 0 spiro atoms. The zero-order valence-electron chi connectivity index (χ0n) is 84.0. The highest BCUT2D eigenvalue weighted by Gasteiger charge is 2.03. The molecule has 0 saturated carbocycles. The molecule has 712 valence electrons. The first-order valence-electron chi connectivity index (χ1n) is 46.0. The van der Waals surface area contributed by atoms with E-state index in [1.165, 1.54) is 54.0 Å². The predicted molar refractivity (Wildman–Crippen MR) is 568 cm³/mol. The van der Waals surface area contributed by atoms with Crippen molar-refractivity contribution in [2.24, 2.45) is 9.98 Å². The Kier molecular flexibility index (Phi) is 97.1. The number of anilines is 2. The van der Waals surface area contributed by atoms with E-state index < -0.39 is 0 Å². The van der Waals surface area contributed by atoms with E-state index in [0.29, 0.717) is 5.65 Å². The van der Waals surface area contributed by atoms with Crippen LogP contribution in [0.5, 0.6) is 0 Å². The van der Waals surface area contributed by atoms with Crippen LogP contribution in [0.25, 0.3) is 55.3 Å².